The predicted molar refractivity (Wildman–Crippen MR) is 90.7 cm³/mol. The van der Waals surface area contributed by atoms with Gasteiger partial charge in [-0.15, -0.1) is 0 Å². The van der Waals surface area contributed by atoms with Crippen molar-refractivity contribution in [1.82, 2.24) is 0 Å². The van der Waals surface area contributed by atoms with Crippen LogP contribution in [-0.4, -0.2) is 14.1 Å². The lowest BCUT2D eigenvalue weighted by Gasteiger charge is -2.37. The predicted octanol–water partition coefficient (Wildman–Crippen LogP) is 5.45. The number of allylic oxidation sites excluding steroid dienone is 2. The molecule has 21 heavy (non-hydrogen) atoms. The highest BCUT2D eigenvalue weighted by molar-refractivity contribution is 6.74. The summed E-state index contributed by atoms with van der Waals surface area (Å²) in [5.74, 6) is 2.45. The lowest BCUT2D eigenvalue weighted by Crippen LogP contribution is -2.40. The van der Waals surface area contributed by atoms with Crippen molar-refractivity contribution in [3.8, 4) is 0 Å². The Kier molecular flexibility index (Phi) is 4.72. The number of Topliss-reactive ketones (excluding diaryl/α,β-unsaturated/α-hetero) is 1. The highest BCUT2D eigenvalue weighted by Crippen LogP contribution is 2.45. The summed E-state index contributed by atoms with van der Waals surface area (Å²) < 4.78 is 6.54. The van der Waals surface area contributed by atoms with E-state index in [4.69, 9.17) is 4.43 Å². The van der Waals surface area contributed by atoms with Gasteiger partial charge in [0.2, 0.25) is 8.32 Å². The van der Waals surface area contributed by atoms with Crippen LogP contribution in [0, 0.1) is 11.8 Å². The molecule has 2 rings (SSSR count). The van der Waals surface area contributed by atoms with Crippen LogP contribution in [0.4, 0.5) is 0 Å². The van der Waals surface area contributed by atoms with Crippen molar-refractivity contribution in [3.05, 3.63) is 11.3 Å². The molecule has 0 radical (unpaired) electrons. The van der Waals surface area contributed by atoms with Crippen LogP contribution in [-0.2, 0) is 9.22 Å². The molecule has 1 saturated carbocycles. The largest absolute Gasteiger partial charge is 0.547 e. The van der Waals surface area contributed by atoms with Gasteiger partial charge >= 0.3 is 0 Å². The molecule has 0 bridgehead atoms. The van der Waals surface area contributed by atoms with Gasteiger partial charge in [0.05, 0.1) is 5.76 Å². The molecule has 2 aliphatic rings. The second-order valence-corrected chi connectivity index (χ2v) is 13.2. The Morgan fingerprint density at radius 2 is 1.71 bits per heavy atom. The smallest absolute Gasteiger partial charge is 0.250 e. The van der Waals surface area contributed by atoms with Crippen molar-refractivity contribution >= 4 is 14.1 Å². The zero-order valence-electron chi connectivity index (χ0n) is 14.7. The molecular formula is C18H32O2Si. The molecule has 0 spiro atoms. The summed E-state index contributed by atoms with van der Waals surface area (Å²) in [7, 11) is -1.75. The van der Waals surface area contributed by atoms with Crippen LogP contribution >= 0.6 is 0 Å². The molecule has 2 atom stereocenters. The standard InChI is InChI=1S/C18H32O2Si/c1-13-14(15-9-7-8-10-16(15)19)11-12-17(13)20-21(5,6)18(2,3)4/h14-15H,7-12H2,1-6H3/t14-,15+/m1/s1. The van der Waals surface area contributed by atoms with Crippen LogP contribution in [0.15, 0.2) is 11.3 Å². The Morgan fingerprint density at radius 3 is 2.29 bits per heavy atom. The number of carbonyl (C=O) groups excluding carboxylic acids is 1. The minimum absolute atomic E-state index is 0.235. The highest BCUT2D eigenvalue weighted by Gasteiger charge is 2.42. The van der Waals surface area contributed by atoms with E-state index in [1.807, 2.05) is 0 Å². The van der Waals surface area contributed by atoms with Crippen molar-refractivity contribution in [3.63, 3.8) is 0 Å². The minimum atomic E-state index is -1.75. The van der Waals surface area contributed by atoms with Crippen LogP contribution in [0.2, 0.25) is 18.1 Å². The van der Waals surface area contributed by atoms with Crippen LogP contribution in [0.25, 0.3) is 0 Å². The Morgan fingerprint density at radius 1 is 1.05 bits per heavy atom. The lowest BCUT2D eigenvalue weighted by molar-refractivity contribution is -0.125. The molecule has 0 heterocycles. The first-order valence-corrected chi connectivity index (χ1v) is 11.5. The maximum absolute atomic E-state index is 12.2. The van der Waals surface area contributed by atoms with Gasteiger partial charge < -0.3 is 4.43 Å². The van der Waals surface area contributed by atoms with Crippen molar-refractivity contribution in [1.29, 1.82) is 0 Å². The van der Waals surface area contributed by atoms with E-state index in [2.05, 4.69) is 40.8 Å². The molecule has 0 amide bonds. The first-order chi connectivity index (χ1) is 9.63. The fourth-order valence-electron chi connectivity index (χ4n) is 3.44. The summed E-state index contributed by atoms with van der Waals surface area (Å²) in [4.78, 5) is 12.2. The quantitative estimate of drug-likeness (QED) is 0.648. The van der Waals surface area contributed by atoms with E-state index < -0.39 is 8.32 Å². The summed E-state index contributed by atoms with van der Waals surface area (Å²) in [6.07, 6.45) is 6.36. The van der Waals surface area contributed by atoms with Gasteiger partial charge in [0.1, 0.15) is 5.78 Å². The summed E-state index contributed by atoms with van der Waals surface area (Å²) >= 11 is 0. The normalized spacial score (nSPS) is 28.2. The summed E-state index contributed by atoms with van der Waals surface area (Å²) in [5.41, 5.74) is 1.38. The van der Waals surface area contributed by atoms with Gasteiger partial charge in [-0.3, -0.25) is 4.79 Å². The molecule has 2 nitrogen and oxygen atoms in total. The summed E-state index contributed by atoms with van der Waals surface area (Å²) in [6.45, 7) is 13.7. The average molecular weight is 309 g/mol. The van der Waals surface area contributed by atoms with Crippen LogP contribution < -0.4 is 0 Å². The van der Waals surface area contributed by atoms with E-state index >= 15 is 0 Å². The minimum Gasteiger partial charge on any atom is -0.547 e. The van der Waals surface area contributed by atoms with Gasteiger partial charge in [-0.25, -0.2) is 0 Å². The van der Waals surface area contributed by atoms with E-state index in [-0.39, 0.29) is 11.0 Å². The topological polar surface area (TPSA) is 26.3 Å². The van der Waals surface area contributed by atoms with Gasteiger partial charge in [-0.05, 0) is 55.8 Å². The van der Waals surface area contributed by atoms with Crippen molar-refractivity contribution in [2.24, 2.45) is 11.8 Å². The van der Waals surface area contributed by atoms with Gasteiger partial charge in [0.25, 0.3) is 0 Å². The molecular weight excluding hydrogens is 276 g/mol. The third-order valence-electron chi connectivity index (χ3n) is 5.95. The molecule has 0 aromatic heterocycles. The van der Waals surface area contributed by atoms with E-state index in [1.54, 1.807) is 0 Å². The molecule has 1 fully saturated rings. The molecule has 0 aromatic carbocycles. The lowest BCUT2D eigenvalue weighted by atomic mass is 9.76. The molecule has 0 aliphatic heterocycles. The summed E-state index contributed by atoms with van der Waals surface area (Å²) in [6, 6.07) is 0. The van der Waals surface area contributed by atoms with Gasteiger partial charge in [0, 0.05) is 18.8 Å². The molecule has 120 valence electrons. The third kappa shape index (κ3) is 3.44. The van der Waals surface area contributed by atoms with Crippen molar-refractivity contribution < 1.29 is 9.22 Å². The van der Waals surface area contributed by atoms with E-state index in [9.17, 15) is 4.79 Å². The Hall–Kier alpha value is -0.573. The monoisotopic (exact) mass is 308 g/mol. The molecule has 0 aromatic rings. The van der Waals surface area contributed by atoms with E-state index in [1.165, 1.54) is 17.8 Å². The van der Waals surface area contributed by atoms with Gasteiger partial charge in [0.15, 0.2) is 0 Å². The molecule has 0 unspecified atom stereocenters. The zero-order chi connectivity index (χ0) is 15.8. The fourth-order valence-corrected chi connectivity index (χ4v) is 4.62. The Balaban J connectivity index is 2.13. The van der Waals surface area contributed by atoms with Gasteiger partial charge in [-0.1, -0.05) is 27.2 Å². The second-order valence-electron chi connectivity index (χ2n) is 8.43. The van der Waals surface area contributed by atoms with E-state index in [0.717, 1.165) is 32.1 Å². The second kappa shape index (κ2) is 5.90. The highest BCUT2D eigenvalue weighted by atomic mass is 28.4. The van der Waals surface area contributed by atoms with Crippen molar-refractivity contribution in [2.45, 2.75) is 84.4 Å². The number of ketones is 1. The molecule has 0 N–H and O–H groups in total. The Labute approximate surface area is 131 Å². The first-order valence-electron chi connectivity index (χ1n) is 8.55. The number of carbonyl (C=O) groups is 1. The maximum Gasteiger partial charge on any atom is 0.250 e. The van der Waals surface area contributed by atoms with Gasteiger partial charge in [-0.2, -0.15) is 0 Å². The van der Waals surface area contributed by atoms with E-state index in [0.29, 0.717) is 11.7 Å². The number of rotatable bonds is 3. The van der Waals surface area contributed by atoms with Crippen LogP contribution in [0.1, 0.15) is 66.2 Å². The third-order valence-corrected chi connectivity index (χ3v) is 10.3. The van der Waals surface area contributed by atoms with Crippen LogP contribution in [0.3, 0.4) is 0 Å². The van der Waals surface area contributed by atoms with Crippen molar-refractivity contribution in [2.75, 3.05) is 0 Å². The summed E-state index contributed by atoms with van der Waals surface area (Å²) in [5, 5.41) is 0.235. The molecule has 3 heteroatoms. The number of hydrogen-bond donors (Lipinski definition) is 0. The SMILES string of the molecule is CC1=C(O[Si](C)(C)C(C)(C)C)CC[C@H]1[C@@H]1CCCCC1=O. The first kappa shape index (κ1) is 16.8. The molecule has 0 saturated heterocycles. The van der Waals surface area contributed by atoms with Crippen LogP contribution in [0.5, 0.6) is 0 Å². The molecule has 2 aliphatic carbocycles. The Bertz CT molecular complexity index is 443. The number of hydrogen-bond acceptors (Lipinski definition) is 2. The fraction of sp³-hybridized carbons (Fsp3) is 0.833. The average Bonchev–Trinajstić information content (AvgIpc) is 2.70. The zero-order valence-corrected chi connectivity index (χ0v) is 15.7. The maximum atomic E-state index is 12.2.